The Hall–Kier alpha value is -2.96. The molecule has 0 radical (unpaired) electrons. The van der Waals surface area contributed by atoms with Crippen LogP contribution in [0.15, 0.2) is 18.2 Å². The summed E-state index contributed by atoms with van der Waals surface area (Å²) in [6, 6.07) is 5.16. The van der Waals surface area contributed by atoms with Crippen molar-refractivity contribution >= 4 is 17.6 Å². The number of aryl methyl sites for hydroxylation is 1. The molecule has 0 bridgehead atoms. The van der Waals surface area contributed by atoms with Gasteiger partial charge in [0.25, 0.3) is 5.91 Å². The molecular weight excluding hydrogens is 312 g/mol. The Morgan fingerprint density at radius 3 is 2.75 bits per heavy atom. The average molecular weight is 330 g/mol. The number of hydrogen-bond donors (Lipinski definition) is 2. The first-order valence-corrected chi connectivity index (χ1v) is 7.58. The van der Waals surface area contributed by atoms with Gasteiger partial charge in [0.05, 0.1) is 12.2 Å². The summed E-state index contributed by atoms with van der Waals surface area (Å²) in [5, 5.41) is 2.81. The second-order valence-corrected chi connectivity index (χ2v) is 5.37. The molecule has 0 spiro atoms. The van der Waals surface area contributed by atoms with Gasteiger partial charge in [0.2, 0.25) is 6.79 Å². The van der Waals surface area contributed by atoms with Crippen molar-refractivity contribution in [2.75, 3.05) is 18.7 Å². The highest BCUT2D eigenvalue weighted by Gasteiger charge is 2.23. The van der Waals surface area contributed by atoms with E-state index in [1.54, 1.807) is 39.0 Å². The molecule has 0 atom stereocenters. The van der Waals surface area contributed by atoms with Crippen molar-refractivity contribution in [1.29, 1.82) is 0 Å². The lowest BCUT2D eigenvalue weighted by Crippen LogP contribution is -2.14. The number of esters is 1. The molecule has 1 aliphatic heterocycles. The standard InChI is InChI=1S/C17H18N2O5/c1-4-22-17(21)15-9(2)14(10(3)18-15)16(20)19-11-5-6-12-13(7-11)24-8-23-12/h5-7,18H,4,8H2,1-3H3,(H,19,20). The third-order valence-electron chi connectivity index (χ3n) is 3.77. The molecule has 1 aliphatic rings. The smallest absolute Gasteiger partial charge is 0.355 e. The molecule has 0 fully saturated rings. The van der Waals surface area contributed by atoms with Crippen molar-refractivity contribution in [3.8, 4) is 11.5 Å². The van der Waals surface area contributed by atoms with Gasteiger partial charge in [-0.3, -0.25) is 4.79 Å². The monoisotopic (exact) mass is 330 g/mol. The molecule has 2 N–H and O–H groups in total. The van der Waals surface area contributed by atoms with Gasteiger partial charge < -0.3 is 24.5 Å². The fourth-order valence-corrected chi connectivity index (χ4v) is 2.67. The van der Waals surface area contributed by atoms with Gasteiger partial charge in [-0.2, -0.15) is 0 Å². The summed E-state index contributed by atoms with van der Waals surface area (Å²) in [6.07, 6.45) is 0. The van der Waals surface area contributed by atoms with E-state index in [1.807, 2.05) is 0 Å². The first-order chi connectivity index (χ1) is 11.5. The average Bonchev–Trinajstić information content (AvgIpc) is 3.11. The number of fused-ring (bicyclic) bond motifs is 1. The molecule has 7 heteroatoms. The number of benzene rings is 1. The minimum Gasteiger partial charge on any atom is -0.461 e. The fourth-order valence-electron chi connectivity index (χ4n) is 2.67. The number of anilines is 1. The third kappa shape index (κ3) is 2.80. The number of amides is 1. The maximum atomic E-state index is 12.6. The van der Waals surface area contributed by atoms with Crippen molar-refractivity contribution in [2.45, 2.75) is 20.8 Å². The molecule has 0 saturated carbocycles. The molecule has 0 saturated heterocycles. The second kappa shape index (κ2) is 6.27. The minimum absolute atomic E-state index is 0.172. The topological polar surface area (TPSA) is 89.7 Å². The number of rotatable bonds is 4. The van der Waals surface area contributed by atoms with Crippen LogP contribution < -0.4 is 14.8 Å². The van der Waals surface area contributed by atoms with Crippen LogP contribution in [-0.2, 0) is 4.74 Å². The van der Waals surface area contributed by atoms with Crippen molar-refractivity contribution < 1.29 is 23.8 Å². The summed E-state index contributed by atoms with van der Waals surface area (Å²) in [4.78, 5) is 27.4. The Morgan fingerprint density at radius 2 is 2.00 bits per heavy atom. The quantitative estimate of drug-likeness (QED) is 0.841. The van der Waals surface area contributed by atoms with Gasteiger partial charge in [-0.05, 0) is 38.5 Å². The highest BCUT2D eigenvalue weighted by atomic mass is 16.7. The maximum Gasteiger partial charge on any atom is 0.355 e. The number of H-pyrrole nitrogens is 1. The summed E-state index contributed by atoms with van der Waals surface area (Å²) >= 11 is 0. The Labute approximate surface area is 138 Å². The zero-order chi connectivity index (χ0) is 17.3. The molecule has 1 amide bonds. The van der Waals surface area contributed by atoms with Gasteiger partial charge in [0, 0.05) is 17.4 Å². The number of carbonyl (C=O) groups excluding carboxylic acids is 2. The number of aromatic nitrogens is 1. The molecule has 1 aromatic carbocycles. The predicted octanol–water partition coefficient (Wildman–Crippen LogP) is 2.79. The molecule has 0 aliphatic carbocycles. The van der Waals surface area contributed by atoms with Crippen LogP contribution in [-0.4, -0.2) is 30.3 Å². The molecule has 3 rings (SSSR count). The summed E-state index contributed by atoms with van der Waals surface area (Å²) < 4.78 is 15.5. The van der Waals surface area contributed by atoms with E-state index < -0.39 is 5.97 Å². The largest absolute Gasteiger partial charge is 0.461 e. The van der Waals surface area contributed by atoms with Gasteiger partial charge in [-0.15, -0.1) is 0 Å². The molecule has 2 aromatic rings. The highest BCUT2D eigenvalue weighted by Crippen LogP contribution is 2.34. The normalized spacial score (nSPS) is 12.1. The highest BCUT2D eigenvalue weighted by molar-refractivity contribution is 6.08. The predicted molar refractivity (Wildman–Crippen MR) is 86.7 cm³/mol. The van der Waals surface area contributed by atoms with Crippen LogP contribution in [0.5, 0.6) is 11.5 Å². The van der Waals surface area contributed by atoms with Crippen LogP contribution in [0.4, 0.5) is 5.69 Å². The van der Waals surface area contributed by atoms with Gasteiger partial charge in [-0.25, -0.2) is 4.79 Å². The Kier molecular flexibility index (Phi) is 4.16. The van der Waals surface area contributed by atoms with Crippen LogP contribution in [0, 0.1) is 13.8 Å². The summed E-state index contributed by atoms with van der Waals surface area (Å²) in [7, 11) is 0. The third-order valence-corrected chi connectivity index (χ3v) is 3.77. The Balaban J connectivity index is 1.84. The van der Waals surface area contributed by atoms with Crippen LogP contribution in [0.3, 0.4) is 0 Å². The molecule has 7 nitrogen and oxygen atoms in total. The van der Waals surface area contributed by atoms with E-state index in [1.165, 1.54) is 0 Å². The van der Waals surface area contributed by atoms with Gasteiger partial charge in [0.15, 0.2) is 11.5 Å². The lowest BCUT2D eigenvalue weighted by atomic mass is 10.1. The van der Waals surface area contributed by atoms with E-state index in [9.17, 15) is 9.59 Å². The van der Waals surface area contributed by atoms with Crippen molar-refractivity contribution in [2.24, 2.45) is 0 Å². The molecule has 0 unspecified atom stereocenters. The van der Waals surface area contributed by atoms with Crippen molar-refractivity contribution in [3.05, 3.63) is 40.7 Å². The van der Waals surface area contributed by atoms with Gasteiger partial charge in [-0.1, -0.05) is 0 Å². The number of carbonyl (C=O) groups is 2. The summed E-state index contributed by atoms with van der Waals surface area (Å²) in [5.74, 6) is 0.449. The van der Waals surface area contributed by atoms with Crippen LogP contribution in [0.1, 0.15) is 39.0 Å². The SMILES string of the molecule is CCOC(=O)c1[nH]c(C)c(C(=O)Nc2ccc3c(c2)OCO3)c1C. The number of nitrogens with one attached hydrogen (secondary N) is 2. The van der Waals surface area contributed by atoms with E-state index in [4.69, 9.17) is 14.2 Å². The number of ether oxygens (including phenoxy) is 3. The van der Waals surface area contributed by atoms with E-state index in [0.29, 0.717) is 39.7 Å². The second-order valence-electron chi connectivity index (χ2n) is 5.37. The van der Waals surface area contributed by atoms with E-state index in [0.717, 1.165) is 0 Å². The lowest BCUT2D eigenvalue weighted by Gasteiger charge is -2.07. The van der Waals surface area contributed by atoms with Crippen LogP contribution in [0.2, 0.25) is 0 Å². The number of aromatic amines is 1. The first-order valence-electron chi connectivity index (χ1n) is 7.58. The molecule has 126 valence electrons. The summed E-state index contributed by atoms with van der Waals surface area (Å²) in [5.41, 5.74) is 2.47. The Bertz CT molecular complexity index is 810. The fraction of sp³-hybridized carbons (Fsp3) is 0.294. The van der Waals surface area contributed by atoms with Crippen LogP contribution in [0.25, 0.3) is 0 Å². The zero-order valence-corrected chi connectivity index (χ0v) is 13.7. The summed E-state index contributed by atoms with van der Waals surface area (Å²) in [6.45, 7) is 5.63. The molecule has 24 heavy (non-hydrogen) atoms. The van der Waals surface area contributed by atoms with Gasteiger partial charge >= 0.3 is 5.97 Å². The number of hydrogen-bond acceptors (Lipinski definition) is 5. The molecule has 2 heterocycles. The Morgan fingerprint density at radius 1 is 1.25 bits per heavy atom. The van der Waals surface area contributed by atoms with E-state index >= 15 is 0 Å². The zero-order valence-electron chi connectivity index (χ0n) is 13.7. The lowest BCUT2D eigenvalue weighted by molar-refractivity contribution is 0.0519. The van der Waals surface area contributed by atoms with Crippen molar-refractivity contribution in [3.63, 3.8) is 0 Å². The van der Waals surface area contributed by atoms with Crippen molar-refractivity contribution in [1.82, 2.24) is 4.98 Å². The molecule has 1 aromatic heterocycles. The molecular formula is C17H18N2O5. The van der Waals surface area contributed by atoms with E-state index in [-0.39, 0.29) is 19.3 Å². The first kappa shape index (κ1) is 15.9. The van der Waals surface area contributed by atoms with E-state index in [2.05, 4.69) is 10.3 Å². The maximum absolute atomic E-state index is 12.6. The van der Waals surface area contributed by atoms with Crippen LogP contribution >= 0.6 is 0 Å². The minimum atomic E-state index is -0.472. The van der Waals surface area contributed by atoms with Gasteiger partial charge in [0.1, 0.15) is 5.69 Å².